The molecule has 0 N–H and O–H groups in total. The second kappa shape index (κ2) is 3.32. The highest BCUT2D eigenvalue weighted by Crippen LogP contribution is 2.29. The number of rotatable bonds is 1. The van der Waals surface area contributed by atoms with E-state index in [0.717, 1.165) is 25.6 Å². The molecule has 0 radical (unpaired) electrons. The molecule has 4 heteroatoms. The van der Waals surface area contributed by atoms with Crippen LogP contribution in [0.3, 0.4) is 0 Å². The molecule has 0 aliphatic heterocycles. The minimum atomic E-state index is 0.789. The summed E-state index contributed by atoms with van der Waals surface area (Å²) in [5.41, 5.74) is 0.988. The van der Waals surface area contributed by atoms with E-state index in [0.29, 0.717) is 0 Å². The molecule has 62 valence electrons. The summed E-state index contributed by atoms with van der Waals surface area (Å²) in [7, 11) is 0. The van der Waals surface area contributed by atoms with Crippen molar-refractivity contribution < 1.29 is 0 Å². The molecule has 0 fully saturated rings. The lowest BCUT2D eigenvalue weighted by Crippen LogP contribution is -1.70. The predicted octanol–water partition coefficient (Wildman–Crippen LogP) is 3.84. The average molecular weight is 263 g/mol. The third-order valence-corrected chi connectivity index (χ3v) is 3.96. The van der Waals surface area contributed by atoms with Gasteiger partial charge in [-0.15, -0.1) is 11.3 Å². The molecule has 0 bridgehead atoms. The second-order valence-electron chi connectivity index (χ2n) is 2.33. The number of halogens is 2. The molecule has 0 aliphatic rings. The zero-order valence-electron chi connectivity index (χ0n) is 6.05. The largest absolute Gasteiger partial charge is 0.240 e. The Morgan fingerprint density at radius 2 is 2.33 bits per heavy atom. The minimum Gasteiger partial charge on any atom is -0.240 e. The van der Waals surface area contributed by atoms with Crippen LogP contribution in [0.25, 0.3) is 10.2 Å². The fourth-order valence-corrected chi connectivity index (χ4v) is 2.59. The molecule has 1 aromatic heterocycles. The molecule has 0 aliphatic carbocycles. The van der Waals surface area contributed by atoms with Gasteiger partial charge in [-0.25, -0.2) is 4.98 Å². The molecule has 0 saturated carbocycles. The van der Waals surface area contributed by atoms with Gasteiger partial charge in [0.1, 0.15) is 5.01 Å². The fourth-order valence-electron chi connectivity index (χ4n) is 1.02. The molecule has 0 unspecified atom stereocenters. The summed E-state index contributed by atoms with van der Waals surface area (Å²) in [5.74, 6) is 0. The Morgan fingerprint density at radius 3 is 3.00 bits per heavy atom. The number of hydrogen-bond acceptors (Lipinski definition) is 2. The summed E-state index contributed by atoms with van der Waals surface area (Å²) in [5, 5.41) is 2.65. The first kappa shape index (κ1) is 8.48. The van der Waals surface area contributed by atoms with Crippen molar-refractivity contribution in [2.45, 2.75) is 5.33 Å². The van der Waals surface area contributed by atoms with Gasteiger partial charge in [-0.1, -0.05) is 33.6 Å². The van der Waals surface area contributed by atoms with E-state index < -0.39 is 0 Å². The van der Waals surface area contributed by atoms with Crippen LogP contribution in [-0.4, -0.2) is 4.98 Å². The Labute approximate surface area is 87.5 Å². The van der Waals surface area contributed by atoms with E-state index in [1.54, 1.807) is 11.3 Å². The maximum atomic E-state index is 5.98. The number of benzene rings is 1. The molecular formula is C8H5BrClNS. The van der Waals surface area contributed by atoms with Gasteiger partial charge in [-0.05, 0) is 12.1 Å². The second-order valence-corrected chi connectivity index (χ2v) is 4.38. The molecule has 0 saturated heterocycles. The van der Waals surface area contributed by atoms with Gasteiger partial charge in [0, 0.05) is 0 Å². The van der Waals surface area contributed by atoms with Crippen LogP contribution < -0.4 is 0 Å². The number of alkyl halides is 1. The van der Waals surface area contributed by atoms with Gasteiger partial charge in [0.25, 0.3) is 0 Å². The van der Waals surface area contributed by atoms with Gasteiger partial charge in [0.2, 0.25) is 0 Å². The molecule has 2 rings (SSSR count). The Hall–Kier alpha value is -0.120. The van der Waals surface area contributed by atoms with Gasteiger partial charge in [0.15, 0.2) is 0 Å². The fraction of sp³-hybridized carbons (Fsp3) is 0.125. The van der Waals surface area contributed by atoms with E-state index >= 15 is 0 Å². The van der Waals surface area contributed by atoms with Gasteiger partial charge in [-0.2, -0.15) is 0 Å². The highest BCUT2D eigenvalue weighted by Gasteiger charge is 2.04. The van der Waals surface area contributed by atoms with Gasteiger partial charge in [-0.3, -0.25) is 0 Å². The van der Waals surface area contributed by atoms with Crippen LogP contribution in [0.2, 0.25) is 5.02 Å². The van der Waals surface area contributed by atoms with Crippen LogP contribution in [0.4, 0.5) is 0 Å². The van der Waals surface area contributed by atoms with Crippen LogP contribution in [0, 0.1) is 0 Å². The van der Waals surface area contributed by atoms with Crippen molar-refractivity contribution in [3.8, 4) is 0 Å². The van der Waals surface area contributed by atoms with Gasteiger partial charge >= 0.3 is 0 Å². The van der Waals surface area contributed by atoms with Crippen molar-refractivity contribution in [1.82, 2.24) is 4.98 Å². The summed E-state index contributed by atoms with van der Waals surface area (Å²) in [6.45, 7) is 0. The van der Waals surface area contributed by atoms with E-state index in [9.17, 15) is 0 Å². The Morgan fingerprint density at radius 1 is 1.50 bits per heavy atom. The summed E-state index contributed by atoms with van der Waals surface area (Å²) in [6, 6.07) is 5.78. The predicted molar refractivity (Wildman–Crippen MR) is 57.3 cm³/mol. The van der Waals surface area contributed by atoms with Crippen LogP contribution >= 0.6 is 38.9 Å². The van der Waals surface area contributed by atoms with Crippen molar-refractivity contribution in [1.29, 1.82) is 0 Å². The lowest BCUT2D eigenvalue weighted by Gasteiger charge is -1.87. The van der Waals surface area contributed by atoms with Crippen molar-refractivity contribution in [3.05, 3.63) is 28.2 Å². The number of fused-ring (bicyclic) bond motifs is 1. The Balaban J connectivity index is 2.74. The zero-order valence-corrected chi connectivity index (χ0v) is 9.21. The highest BCUT2D eigenvalue weighted by molar-refractivity contribution is 9.08. The molecule has 2 aromatic rings. The Bertz CT molecular complexity index is 412. The molecular weight excluding hydrogens is 258 g/mol. The first-order valence-electron chi connectivity index (χ1n) is 3.41. The number of thiazole rings is 1. The smallest absolute Gasteiger partial charge is 0.104 e. The molecule has 1 heterocycles. The van der Waals surface area contributed by atoms with Crippen LogP contribution in [0.5, 0.6) is 0 Å². The summed E-state index contributed by atoms with van der Waals surface area (Å²) in [6.07, 6.45) is 0. The summed E-state index contributed by atoms with van der Waals surface area (Å²) >= 11 is 11.0. The average Bonchev–Trinajstić information content (AvgIpc) is 2.49. The standard InChI is InChI=1S/C8H5BrClNS/c9-4-7-11-6-3-1-2-5(10)8(6)12-7/h1-3H,4H2. The maximum Gasteiger partial charge on any atom is 0.104 e. The lowest BCUT2D eigenvalue weighted by atomic mass is 10.3. The third-order valence-electron chi connectivity index (χ3n) is 1.53. The molecule has 0 spiro atoms. The maximum absolute atomic E-state index is 5.98. The van der Waals surface area contributed by atoms with Gasteiger partial charge < -0.3 is 0 Å². The van der Waals surface area contributed by atoms with E-state index in [-0.39, 0.29) is 0 Å². The van der Waals surface area contributed by atoms with Gasteiger partial charge in [0.05, 0.1) is 20.6 Å². The third kappa shape index (κ3) is 1.37. The molecule has 12 heavy (non-hydrogen) atoms. The first-order chi connectivity index (χ1) is 5.81. The highest BCUT2D eigenvalue weighted by atomic mass is 79.9. The monoisotopic (exact) mass is 261 g/mol. The van der Waals surface area contributed by atoms with E-state index in [1.165, 1.54) is 0 Å². The van der Waals surface area contributed by atoms with Crippen molar-refractivity contribution >= 4 is 49.1 Å². The quantitative estimate of drug-likeness (QED) is 0.712. The minimum absolute atomic E-state index is 0.789. The number of nitrogens with zero attached hydrogens (tertiary/aromatic N) is 1. The van der Waals surface area contributed by atoms with Crippen molar-refractivity contribution in [3.63, 3.8) is 0 Å². The lowest BCUT2D eigenvalue weighted by molar-refractivity contribution is 1.32. The summed E-state index contributed by atoms with van der Waals surface area (Å²) in [4.78, 5) is 4.38. The molecule has 1 aromatic carbocycles. The zero-order chi connectivity index (χ0) is 8.55. The Kier molecular flexibility index (Phi) is 2.35. The molecule has 0 amide bonds. The van der Waals surface area contributed by atoms with Crippen LogP contribution in [-0.2, 0) is 5.33 Å². The van der Waals surface area contributed by atoms with E-state index in [2.05, 4.69) is 20.9 Å². The number of aromatic nitrogens is 1. The van der Waals surface area contributed by atoms with Crippen molar-refractivity contribution in [2.24, 2.45) is 0 Å². The summed E-state index contributed by atoms with van der Waals surface area (Å²) < 4.78 is 1.08. The normalized spacial score (nSPS) is 10.8. The van der Waals surface area contributed by atoms with Crippen LogP contribution in [0.1, 0.15) is 5.01 Å². The van der Waals surface area contributed by atoms with Crippen molar-refractivity contribution in [2.75, 3.05) is 0 Å². The SMILES string of the molecule is Clc1cccc2nc(CBr)sc12. The topological polar surface area (TPSA) is 12.9 Å². The van der Waals surface area contributed by atoms with E-state index in [4.69, 9.17) is 11.6 Å². The number of hydrogen-bond donors (Lipinski definition) is 0. The van der Waals surface area contributed by atoms with E-state index in [1.807, 2.05) is 18.2 Å². The first-order valence-corrected chi connectivity index (χ1v) is 5.73. The molecule has 0 atom stereocenters. The van der Waals surface area contributed by atoms with Crippen LogP contribution in [0.15, 0.2) is 18.2 Å². The molecule has 1 nitrogen and oxygen atoms in total.